The quantitative estimate of drug-likeness (QED) is 0.202. The second kappa shape index (κ2) is 15.8. The van der Waals surface area contributed by atoms with Crippen molar-refractivity contribution < 1.29 is 9.59 Å². The average Bonchev–Trinajstić information content (AvgIpc) is 3.49. The van der Waals surface area contributed by atoms with Crippen LogP contribution in [-0.4, -0.2) is 74.5 Å². The Bertz CT molecular complexity index is 1770. The number of halogens is 3. The summed E-state index contributed by atoms with van der Waals surface area (Å²) in [6, 6.07) is 15.2. The van der Waals surface area contributed by atoms with Gasteiger partial charge in [0.2, 0.25) is 5.91 Å². The van der Waals surface area contributed by atoms with Crippen LogP contribution in [0, 0.1) is 0 Å². The van der Waals surface area contributed by atoms with Crippen molar-refractivity contribution in [1.82, 2.24) is 35.0 Å². The Balaban J connectivity index is 1.11. The van der Waals surface area contributed by atoms with Crippen molar-refractivity contribution >= 4 is 51.1 Å². The normalized spacial score (nSPS) is 19.7. The van der Waals surface area contributed by atoms with Gasteiger partial charge < -0.3 is 20.1 Å². The van der Waals surface area contributed by atoms with Crippen molar-refractivity contribution in [2.45, 2.75) is 76.0 Å². The number of nitrogens with one attached hydrogen (secondary N) is 2. The molecule has 1 unspecified atom stereocenters. The van der Waals surface area contributed by atoms with Gasteiger partial charge in [0.05, 0.1) is 18.1 Å². The number of pyridine rings is 1. The van der Waals surface area contributed by atoms with E-state index in [2.05, 4.69) is 59.2 Å². The van der Waals surface area contributed by atoms with E-state index in [-0.39, 0.29) is 24.0 Å². The molecule has 50 heavy (non-hydrogen) atoms. The van der Waals surface area contributed by atoms with Crippen LogP contribution in [-0.2, 0) is 30.6 Å². The van der Waals surface area contributed by atoms with E-state index in [0.29, 0.717) is 49.2 Å². The minimum atomic E-state index is -0.677. The molecule has 2 aromatic heterocycles. The van der Waals surface area contributed by atoms with Gasteiger partial charge in [-0.1, -0.05) is 60.7 Å². The van der Waals surface area contributed by atoms with Gasteiger partial charge in [0.15, 0.2) is 0 Å². The molecule has 12 heteroatoms. The van der Waals surface area contributed by atoms with Gasteiger partial charge >= 0.3 is 6.03 Å². The smallest absolute Gasteiger partial charge is 0.318 e. The van der Waals surface area contributed by atoms with Crippen molar-refractivity contribution in [2.24, 2.45) is 0 Å². The van der Waals surface area contributed by atoms with E-state index in [1.54, 1.807) is 4.90 Å². The van der Waals surface area contributed by atoms with Gasteiger partial charge in [0.25, 0.3) is 0 Å². The number of aryl methyl sites for hydroxylation is 2. The lowest BCUT2D eigenvalue weighted by atomic mass is 9.95. The number of fused-ring (bicyclic) bond motifs is 2. The van der Waals surface area contributed by atoms with Crippen molar-refractivity contribution in [2.75, 3.05) is 26.2 Å². The Kier molecular flexibility index (Phi) is 11.1. The van der Waals surface area contributed by atoms with E-state index in [1.807, 2.05) is 49.1 Å². The van der Waals surface area contributed by atoms with Crippen LogP contribution in [0.15, 0.2) is 71.7 Å². The maximum atomic E-state index is 14.2. The van der Waals surface area contributed by atoms with E-state index in [0.717, 1.165) is 65.5 Å². The summed E-state index contributed by atoms with van der Waals surface area (Å²) in [6.45, 7) is 2.49. The summed E-state index contributed by atoms with van der Waals surface area (Å²) < 4.78 is 3.02. The zero-order valence-corrected chi connectivity index (χ0v) is 31.1. The number of hydrogen-bond donors (Lipinski definition) is 2. The number of imidazole rings is 1. The first-order valence-electron chi connectivity index (χ1n) is 17.6. The predicted octanol–water partition coefficient (Wildman–Crippen LogP) is 6.97. The van der Waals surface area contributed by atoms with Gasteiger partial charge in [-0.3, -0.25) is 14.7 Å². The third kappa shape index (κ3) is 8.04. The molecule has 0 bridgehead atoms. The molecule has 7 rings (SSSR count). The molecule has 0 spiro atoms. The maximum absolute atomic E-state index is 14.2. The van der Waals surface area contributed by atoms with E-state index >= 15 is 0 Å². The molecule has 2 aliphatic carbocycles. The molecular formula is C38H42BrCl2N7O2. The number of amides is 3. The molecular weight excluding hydrogens is 737 g/mol. The molecule has 2 atom stereocenters. The Morgan fingerprint density at radius 2 is 1.70 bits per heavy atom. The summed E-state index contributed by atoms with van der Waals surface area (Å²) in [7, 11) is 0. The number of rotatable bonds is 8. The van der Waals surface area contributed by atoms with Crippen molar-refractivity contribution in [3.8, 4) is 0 Å². The number of aromatic nitrogens is 3. The molecule has 4 aromatic rings. The van der Waals surface area contributed by atoms with Crippen LogP contribution in [0.4, 0.5) is 4.79 Å². The van der Waals surface area contributed by atoms with Gasteiger partial charge in [0.1, 0.15) is 6.04 Å². The minimum Gasteiger partial charge on any atom is -0.354 e. The lowest BCUT2D eigenvalue weighted by Crippen LogP contribution is -2.63. The molecule has 9 nitrogen and oxygen atoms in total. The zero-order chi connectivity index (χ0) is 34.6. The molecule has 2 aromatic carbocycles. The maximum Gasteiger partial charge on any atom is 0.318 e. The van der Waals surface area contributed by atoms with Crippen LogP contribution in [0.3, 0.4) is 0 Å². The van der Waals surface area contributed by atoms with Crippen LogP contribution in [0.1, 0.15) is 71.8 Å². The SMILES string of the molecule is O=C(NCCc1cncn1Cc1ccc(Cl)cc1)[C@H]1CN(C2c3ccc(Cl)cc3CCc3cc(Br)cnc32)CCN1C(=O)NC1CCCCC1. The molecule has 3 amide bonds. The van der Waals surface area contributed by atoms with Crippen LogP contribution in [0.2, 0.25) is 10.0 Å². The minimum absolute atomic E-state index is 0.145. The summed E-state index contributed by atoms with van der Waals surface area (Å²) in [6.07, 6.45) is 13.2. The topological polar surface area (TPSA) is 95.4 Å². The summed E-state index contributed by atoms with van der Waals surface area (Å²) in [5.74, 6) is -0.161. The number of carbonyl (C=O) groups is 2. The summed E-state index contributed by atoms with van der Waals surface area (Å²) in [5.41, 5.74) is 6.62. The van der Waals surface area contributed by atoms with Gasteiger partial charge in [0, 0.05) is 77.8 Å². The summed E-state index contributed by atoms with van der Waals surface area (Å²) in [4.78, 5) is 41.4. The monoisotopic (exact) mass is 777 g/mol. The Morgan fingerprint density at radius 1 is 0.920 bits per heavy atom. The second-order valence-corrected chi connectivity index (χ2v) is 15.4. The highest BCUT2D eigenvalue weighted by Crippen LogP contribution is 2.38. The number of benzene rings is 2. The lowest BCUT2D eigenvalue weighted by molar-refractivity contribution is -0.127. The van der Waals surface area contributed by atoms with Gasteiger partial charge in [-0.25, -0.2) is 9.78 Å². The van der Waals surface area contributed by atoms with Crippen molar-refractivity contribution in [3.63, 3.8) is 0 Å². The molecule has 2 N–H and O–H groups in total. The molecule has 0 radical (unpaired) electrons. The van der Waals surface area contributed by atoms with Crippen LogP contribution < -0.4 is 10.6 Å². The lowest BCUT2D eigenvalue weighted by Gasteiger charge is -2.44. The fraction of sp³-hybridized carbons (Fsp3) is 0.421. The summed E-state index contributed by atoms with van der Waals surface area (Å²) >= 11 is 16.2. The Labute approximate surface area is 311 Å². The molecule has 1 saturated carbocycles. The number of hydrogen-bond acceptors (Lipinski definition) is 5. The average molecular weight is 780 g/mol. The molecule has 1 aliphatic heterocycles. The van der Waals surface area contributed by atoms with E-state index < -0.39 is 6.04 Å². The van der Waals surface area contributed by atoms with Crippen LogP contribution in [0.5, 0.6) is 0 Å². The third-order valence-electron chi connectivity index (χ3n) is 10.3. The van der Waals surface area contributed by atoms with Crippen molar-refractivity contribution in [3.05, 3.63) is 115 Å². The standard InChI is InChI=1S/C38H42BrCl2N7O2/c39-28-18-27-9-8-26-19-30(41)12-13-33(26)36(35(27)44-20-28)46-16-17-48(38(50)45-31-4-2-1-3-5-31)34(23-46)37(49)43-15-14-32-21-42-24-47(32)22-25-6-10-29(40)11-7-25/h6-7,10-13,18-21,24,31,34,36H,1-5,8-9,14-17,22-23H2,(H,43,49)(H,45,50)/t34-,36?/m1/s1. The molecule has 1 saturated heterocycles. The largest absolute Gasteiger partial charge is 0.354 e. The van der Waals surface area contributed by atoms with Gasteiger partial charge in [-0.2, -0.15) is 0 Å². The zero-order valence-electron chi connectivity index (χ0n) is 28.0. The van der Waals surface area contributed by atoms with Gasteiger partial charge in [-0.05, 0) is 94.2 Å². The molecule has 262 valence electrons. The second-order valence-electron chi connectivity index (χ2n) is 13.6. The molecule has 3 heterocycles. The van der Waals surface area contributed by atoms with E-state index in [9.17, 15) is 9.59 Å². The number of nitrogens with zero attached hydrogens (tertiary/aromatic N) is 5. The van der Waals surface area contributed by atoms with E-state index in [1.165, 1.54) is 17.5 Å². The van der Waals surface area contributed by atoms with Crippen LogP contribution in [0.25, 0.3) is 0 Å². The number of carbonyl (C=O) groups excluding carboxylic acids is 2. The van der Waals surface area contributed by atoms with E-state index in [4.69, 9.17) is 28.2 Å². The summed E-state index contributed by atoms with van der Waals surface area (Å²) in [5, 5.41) is 7.86. The van der Waals surface area contributed by atoms with Gasteiger partial charge in [-0.15, -0.1) is 0 Å². The number of piperazine rings is 1. The number of urea groups is 1. The predicted molar refractivity (Wildman–Crippen MR) is 200 cm³/mol. The highest BCUT2D eigenvalue weighted by Gasteiger charge is 2.40. The molecule has 3 aliphatic rings. The highest BCUT2D eigenvalue weighted by molar-refractivity contribution is 9.10. The van der Waals surface area contributed by atoms with Crippen LogP contribution >= 0.6 is 39.1 Å². The molecule has 2 fully saturated rings. The van der Waals surface area contributed by atoms with Crippen molar-refractivity contribution in [1.29, 1.82) is 0 Å². The third-order valence-corrected chi connectivity index (χ3v) is 11.2. The first-order chi connectivity index (χ1) is 24.3. The Morgan fingerprint density at radius 3 is 2.52 bits per heavy atom. The Hall–Kier alpha value is -3.44. The first-order valence-corrected chi connectivity index (χ1v) is 19.1. The fourth-order valence-electron chi connectivity index (χ4n) is 7.71. The fourth-order valence-corrected chi connectivity index (χ4v) is 8.41. The first kappa shape index (κ1) is 35.0. The highest BCUT2D eigenvalue weighted by atomic mass is 79.9.